The molecule has 116 valence electrons. The van der Waals surface area contributed by atoms with E-state index in [1.165, 1.54) is 0 Å². The van der Waals surface area contributed by atoms with Crippen molar-refractivity contribution < 1.29 is 14.3 Å². The van der Waals surface area contributed by atoms with Gasteiger partial charge in [0.15, 0.2) is 5.78 Å². The van der Waals surface area contributed by atoms with Gasteiger partial charge in [-0.2, -0.15) is 0 Å². The highest BCUT2D eigenvalue weighted by atomic mass is 16.5. The summed E-state index contributed by atoms with van der Waals surface area (Å²) in [4.78, 5) is 12.7. The van der Waals surface area contributed by atoms with Gasteiger partial charge in [0, 0.05) is 5.56 Å². The van der Waals surface area contributed by atoms with E-state index in [1.54, 1.807) is 60.9 Å². The van der Waals surface area contributed by atoms with E-state index in [9.17, 15) is 4.79 Å². The molecular formula is C20H13NO3. The molecule has 0 aromatic heterocycles. The second kappa shape index (κ2) is 7.12. The van der Waals surface area contributed by atoms with Crippen LogP contribution in [0, 0.1) is 11.5 Å². The fraction of sp³-hybridized carbons (Fsp3) is 0. The van der Waals surface area contributed by atoms with Crippen molar-refractivity contribution in [1.29, 1.82) is 5.26 Å². The minimum Gasteiger partial charge on any atom is -0.457 e. The number of rotatable bonds is 5. The lowest BCUT2D eigenvalue weighted by molar-refractivity contribution is 0.103. The number of carbonyl (C=O) groups excluding carboxylic acids is 1. The molecule has 0 N–H and O–H groups in total. The number of para-hydroxylation sites is 1. The molecule has 3 aromatic rings. The Morgan fingerprint density at radius 3 is 2.12 bits per heavy atom. The Morgan fingerprint density at radius 2 is 1.42 bits per heavy atom. The van der Waals surface area contributed by atoms with E-state index in [0.29, 0.717) is 28.4 Å². The molecule has 0 saturated carbocycles. The first-order valence-electron chi connectivity index (χ1n) is 7.30. The molecule has 0 radical (unpaired) electrons. The van der Waals surface area contributed by atoms with Crippen LogP contribution in [0.4, 0.5) is 0 Å². The van der Waals surface area contributed by atoms with Gasteiger partial charge in [0.2, 0.25) is 0 Å². The van der Waals surface area contributed by atoms with Crippen molar-refractivity contribution in [1.82, 2.24) is 0 Å². The van der Waals surface area contributed by atoms with Crippen molar-refractivity contribution in [2.24, 2.45) is 0 Å². The van der Waals surface area contributed by atoms with E-state index in [0.717, 1.165) is 0 Å². The van der Waals surface area contributed by atoms with Crippen LogP contribution in [-0.4, -0.2) is 5.78 Å². The molecule has 0 aliphatic carbocycles. The van der Waals surface area contributed by atoms with Crippen molar-refractivity contribution in [3.05, 3.63) is 90.0 Å². The Bertz CT molecular complexity index is 881. The number of hydrogen-bond donors (Lipinski definition) is 0. The minimum absolute atomic E-state index is 0.101. The van der Waals surface area contributed by atoms with Crippen molar-refractivity contribution in [3.8, 4) is 23.5 Å². The highest BCUT2D eigenvalue weighted by molar-refractivity contribution is 6.10. The average Bonchev–Trinajstić information content (AvgIpc) is 2.64. The summed E-state index contributed by atoms with van der Waals surface area (Å²) >= 11 is 0. The van der Waals surface area contributed by atoms with Crippen LogP contribution in [0.15, 0.2) is 78.9 Å². The van der Waals surface area contributed by atoms with E-state index >= 15 is 0 Å². The molecular weight excluding hydrogens is 302 g/mol. The highest BCUT2D eigenvalue weighted by Crippen LogP contribution is 2.28. The van der Waals surface area contributed by atoms with Gasteiger partial charge in [0.05, 0.1) is 5.56 Å². The Labute approximate surface area is 139 Å². The lowest BCUT2D eigenvalue weighted by Gasteiger charge is -2.10. The molecule has 0 heterocycles. The second-order valence-corrected chi connectivity index (χ2v) is 4.96. The molecule has 0 bridgehead atoms. The number of nitriles is 1. The van der Waals surface area contributed by atoms with Gasteiger partial charge in [-0.1, -0.05) is 42.5 Å². The number of benzene rings is 3. The molecule has 3 rings (SSSR count). The Kier molecular flexibility index (Phi) is 4.55. The van der Waals surface area contributed by atoms with E-state index in [4.69, 9.17) is 14.7 Å². The summed E-state index contributed by atoms with van der Waals surface area (Å²) in [6.07, 6.45) is 1.61. The molecule has 0 saturated heterocycles. The minimum atomic E-state index is -0.101. The summed E-state index contributed by atoms with van der Waals surface area (Å²) in [6.45, 7) is 0. The van der Waals surface area contributed by atoms with Crippen LogP contribution in [-0.2, 0) is 0 Å². The SMILES string of the molecule is N#COc1ccc(Oc2ccccc2C(=O)c2ccccc2)cc1. The summed E-state index contributed by atoms with van der Waals surface area (Å²) in [5.41, 5.74) is 1.09. The van der Waals surface area contributed by atoms with Gasteiger partial charge in [-0.3, -0.25) is 4.79 Å². The first-order chi connectivity index (χ1) is 11.8. The number of nitrogens with zero attached hydrogens (tertiary/aromatic N) is 1. The summed E-state index contributed by atoms with van der Waals surface area (Å²) in [7, 11) is 0. The molecule has 0 fully saturated rings. The molecule has 0 spiro atoms. The van der Waals surface area contributed by atoms with Crippen LogP contribution in [0.5, 0.6) is 17.2 Å². The average molecular weight is 315 g/mol. The molecule has 24 heavy (non-hydrogen) atoms. The van der Waals surface area contributed by atoms with E-state index in [2.05, 4.69) is 0 Å². The van der Waals surface area contributed by atoms with Gasteiger partial charge in [-0.15, -0.1) is 5.26 Å². The van der Waals surface area contributed by atoms with Crippen LogP contribution < -0.4 is 9.47 Å². The second-order valence-electron chi connectivity index (χ2n) is 4.96. The van der Waals surface area contributed by atoms with Gasteiger partial charge in [-0.05, 0) is 36.4 Å². The van der Waals surface area contributed by atoms with Crippen molar-refractivity contribution in [2.45, 2.75) is 0 Å². The molecule has 0 atom stereocenters. The van der Waals surface area contributed by atoms with Gasteiger partial charge < -0.3 is 9.47 Å². The largest absolute Gasteiger partial charge is 0.457 e. The smallest absolute Gasteiger partial charge is 0.292 e. The molecule has 4 nitrogen and oxygen atoms in total. The van der Waals surface area contributed by atoms with Gasteiger partial charge in [-0.25, -0.2) is 0 Å². The third-order valence-electron chi connectivity index (χ3n) is 3.38. The number of ether oxygens (including phenoxy) is 2. The maximum Gasteiger partial charge on any atom is 0.292 e. The van der Waals surface area contributed by atoms with Crippen LogP contribution in [0.25, 0.3) is 0 Å². The van der Waals surface area contributed by atoms with Crippen LogP contribution in [0.3, 0.4) is 0 Å². The van der Waals surface area contributed by atoms with Gasteiger partial charge in [0.25, 0.3) is 6.26 Å². The molecule has 0 aliphatic rings. The van der Waals surface area contributed by atoms with Crippen LogP contribution in [0.1, 0.15) is 15.9 Å². The molecule has 0 unspecified atom stereocenters. The van der Waals surface area contributed by atoms with Crippen molar-refractivity contribution >= 4 is 5.78 Å². The number of ketones is 1. The van der Waals surface area contributed by atoms with Gasteiger partial charge in [0.1, 0.15) is 17.2 Å². The first kappa shape index (κ1) is 15.3. The summed E-state index contributed by atoms with van der Waals surface area (Å²) < 4.78 is 10.6. The summed E-state index contributed by atoms with van der Waals surface area (Å²) in [5, 5.41) is 8.49. The van der Waals surface area contributed by atoms with Gasteiger partial charge >= 0.3 is 0 Å². The quantitative estimate of drug-likeness (QED) is 0.511. The maximum absolute atomic E-state index is 12.7. The first-order valence-corrected chi connectivity index (χ1v) is 7.30. The maximum atomic E-state index is 12.7. The highest BCUT2D eigenvalue weighted by Gasteiger charge is 2.14. The lowest BCUT2D eigenvalue weighted by Crippen LogP contribution is -2.03. The Morgan fingerprint density at radius 1 is 0.792 bits per heavy atom. The zero-order valence-electron chi connectivity index (χ0n) is 12.7. The number of hydrogen-bond acceptors (Lipinski definition) is 4. The third kappa shape index (κ3) is 3.42. The zero-order valence-corrected chi connectivity index (χ0v) is 12.7. The van der Waals surface area contributed by atoms with Crippen molar-refractivity contribution in [2.75, 3.05) is 0 Å². The van der Waals surface area contributed by atoms with Crippen LogP contribution in [0.2, 0.25) is 0 Å². The topological polar surface area (TPSA) is 59.3 Å². The molecule has 0 aliphatic heterocycles. The molecule has 3 aromatic carbocycles. The fourth-order valence-electron chi connectivity index (χ4n) is 2.24. The van der Waals surface area contributed by atoms with E-state index in [-0.39, 0.29) is 5.78 Å². The molecule has 4 heteroatoms. The van der Waals surface area contributed by atoms with E-state index in [1.807, 2.05) is 24.3 Å². The normalized spacial score (nSPS) is 9.79. The predicted octanol–water partition coefficient (Wildman–Crippen LogP) is 4.57. The third-order valence-corrected chi connectivity index (χ3v) is 3.38. The lowest BCUT2D eigenvalue weighted by atomic mass is 10.0. The standard InChI is InChI=1S/C20H13NO3/c21-14-23-16-10-12-17(13-11-16)24-19-9-5-4-8-18(19)20(22)15-6-2-1-3-7-15/h1-13H. The summed E-state index contributed by atoms with van der Waals surface area (Å²) in [5.74, 6) is 1.35. The monoisotopic (exact) mass is 315 g/mol. The Hall–Kier alpha value is -3.58. The summed E-state index contributed by atoms with van der Waals surface area (Å²) in [6, 6.07) is 22.7. The Balaban J connectivity index is 1.87. The van der Waals surface area contributed by atoms with Crippen molar-refractivity contribution in [3.63, 3.8) is 0 Å². The van der Waals surface area contributed by atoms with Crippen LogP contribution >= 0.6 is 0 Å². The van der Waals surface area contributed by atoms with E-state index < -0.39 is 0 Å². The zero-order chi connectivity index (χ0) is 16.8. The predicted molar refractivity (Wildman–Crippen MR) is 89.1 cm³/mol. The number of carbonyl (C=O) groups is 1. The fourth-order valence-corrected chi connectivity index (χ4v) is 2.24. The molecule has 0 amide bonds.